The van der Waals surface area contributed by atoms with Crippen molar-refractivity contribution < 1.29 is 0 Å². The molecule has 0 saturated carbocycles. The van der Waals surface area contributed by atoms with Crippen LogP contribution in [0.5, 0.6) is 0 Å². The first-order chi connectivity index (χ1) is 7.27. The van der Waals surface area contributed by atoms with Crippen LogP contribution < -0.4 is 10.9 Å². The fourth-order valence-corrected chi connectivity index (χ4v) is 2.37. The maximum atomic E-state index is 11.7. The minimum absolute atomic E-state index is 0.0797. The lowest BCUT2D eigenvalue weighted by Gasteiger charge is -2.23. The van der Waals surface area contributed by atoms with Gasteiger partial charge in [-0.15, -0.1) is 0 Å². The number of pyridine rings is 1. The van der Waals surface area contributed by atoms with Crippen molar-refractivity contribution in [3.05, 3.63) is 33.2 Å². The Kier molecular flexibility index (Phi) is 3.59. The SMILES string of the molecule is O=c1c(Br)cccn1CC1CCNCC1. The molecular formula is C11H15BrN2O. The summed E-state index contributed by atoms with van der Waals surface area (Å²) in [5.41, 5.74) is 0.0797. The molecule has 0 radical (unpaired) electrons. The normalized spacial score (nSPS) is 17.9. The lowest BCUT2D eigenvalue weighted by atomic mass is 9.98. The van der Waals surface area contributed by atoms with Crippen LogP contribution in [0.15, 0.2) is 27.6 Å². The highest BCUT2D eigenvalue weighted by Crippen LogP contribution is 2.13. The molecule has 0 amide bonds. The van der Waals surface area contributed by atoms with Crippen LogP contribution in [0.25, 0.3) is 0 Å². The Labute approximate surface area is 97.6 Å². The number of halogens is 1. The predicted octanol–water partition coefficient (Wildman–Crippen LogP) is 1.61. The van der Waals surface area contributed by atoms with E-state index in [1.807, 2.05) is 12.3 Å². The first-order valence-electron chi connectivity index (χ1n) is 5.33. The second kappa shape index (κ2) is 4.94. The molecule has 0 aliphatic carbocycles. The lowest BCUT2D eigenvalue weighted by molar-refractivity contribution is 0.329. The number of hydrogen-bond acceptors (Lipinski definition) is 2. The number of nitrogens with one attached hydrogen (secondary N) is 1. The standard InChI is InChI=1S/C11H15BrN2O/c12-10-2-1-7-14(11(10)15)8-9-3-5-13-6-4-9/h1-2,7,9,13H,3-6,8H2. The van der Waals surface area contributed by atoms with E-state index in [1.165, 1.54) is 12.8 Å². The summed E-state index contributed by atoms with van der Waals surface area (Å²) < 4.78 is 2.46. The third-order valence-electron chi connectivity index (χ3n) is 2.89. The van der Waals surface area contributed by atoms with Gasteiger partial charge in [0.1, 0.15) is 0 Å². The molecule has 1 aliphatic rings. The molecule has 4 heteroatoms. The molecule has 2 rings (SSSR count). The van der Waals surface area contributed by atoms with Gasteiger partial charge in [0, 0.05) is 12.7 Å². The summed E-state index contributed by atoms with van der Waals surface area (Å²) in [4.78, 5) is 11.7. The average Bonchev–Trinajstić information content (AvgIpc) is 2.26. The van der Waals surface area contributed by atoms with Gasteiger partial charge in [0.05, 0.1) is 4.47 Å². The van der Waals surface area contributed by atoms with Crippen molar-refractivity contribution in [2.24, 2.45) is 5.92 Å². The molecule has 1 saturated heterocycles. The molecule has 1 aliphatic heterocycles. The van der Waals surface area contributed by atoms with Crippen LogP contribution in [0.4, 0.5) is 0 Å². The first-order valence-corrected chi connectivity index (χ1v) is 6.12. The molecule has 0 aromatic carbocycles. The molecule has 1 fully saturated rings. The summed E-state index contributed by atoms with van der Waals surface area (Å²) in [7, 11) is 0. The summed E-state index contributed by atoms with van der Waals surface area (Å²) >= 11 is 3.27. The van der Waals surface area contributed by atoms with Crippen molar-refractivity contribution in [3.63, 3.8) is 0 Å². The molecule has 0 atom stereocenters. The zero-order valence-electron chi connectivity index (χ0n) is 8.58. The van der Waals surface area contributed by atoms with Crippen molar-refractivity contribution in [2.75, 3.05) is 13.1 Å². The third kappa shape index (κ3) is 2.69. The van der Waals surface area contributed by atoms with E-state index in [1.54, 1.807) is 10.6 Å². The zero-order chi connectivity index (χ0) is 10.7. The van der Waals surface area contributed by atoms with Crippen molar-refractivity contribution >= 4 is 15.9 Å². The Morgan fingerprint density at radius 1 is 1.47 bits per heavy atom. The van der Waals surface area contributed by atoms with Gasteiger partial charge in [0.2, 0.25) is 0 Å². The summed E-state index contributed by atoms with van der Waals surface area (Å²) in [5.74, 6) is 0.637. The summed E-state index contributed by atoms with van der Waals surface area (Å²) in [6.45, 7) is 3.00. The topological polar surface area (TPSA) is 34.0 Å². The molecule has 2 heterocycles. The van der Waals surface area contributed by atoms with E-state index in [-0.39, 0.29) is 5.56 Å². The van der Waals surface area contributed by atoms with Crippen molar-refractivity contribution in [3.8, 4) is 0 Å². The van der Waals surface area contributed by atoms with Crippen LogP contribution in [-0.2, 0) is 6.54 Å². The number of piperidine rings is 1. The second-order valence-electron chi connectivity index (χ2n) is 4.01. The number of nitrogens with zero attached hydrogens (tertiary/aromatic N) is 1. The van der Waals surface area contributed by atoms with E-state index in [2.05, 4.69) is 21.2 Å². The molecule has 15 heavy (non-hydrogen) atoms. The Balaban J connectivity index is 2.09. The van der Waals surface area contributed by atoms with Crippen LogP contribution in [-0.4, -0.2) is 17.7 Å². The van der Waals surface area contributed by atoms with Gasteiger partial charge in [0.25, 0.3) is 5.56 Å². The van der Waals surface area contributed by atoms with Crippen LogP contribution >= 0.6 is 15.9 Å². The van der Waals surface area contributed by atoms with E-state index in [0.717, 1.165) is 19.6 Å². The Bertz CT molecular complexity index is 382. The van der Waals surface area contributed by atoms with E-state index in [4.69, 9.17) is 0 Å². The van der Waals surface area contributed by atoms with Crippen LogP contribution in [0.3, 0.4) is 0 Å². The minimum Gasteiger partial charge on any atom is -0.317 e. The van der Waals surface area contributed by atoms with E-state index < -0.39 is 0 Å². The molecular weight excluding hydrogens is 256 g/mol. The lowest BCUT2D eigenvalue weighted by Crippen LogP contribution is -2.32. The van der Waals surface area contributed by atoms with Gasteiger partial charge in [-0.3, -0.25) is 4.79 Å². The molecule has 1 N–H and O–H groups in total. The van der Waals surface area contributed by atoms with Gasteiger partial charge in [-0.2, -0.15) is 0 Å². The molecule has 3 nitrogen and oxygen atoms in total. The van der Waals surface area contributed by atoms with Gasteiger partial charge >= 0.3 is 0 Å². The van der Waals surface area contributed by atoms with Crippen molar-refractivity contribution in [1.82, 2.24) is 9.88 Å². The summed E-state index contributed by atoms with van der Waals surface area (Å²) in [6.07, 6.45) is 4.20. The van der Waals surface area contributed by atoms with Crippen molar-refractivity contribution in [2.45, 2.75) is 19.4 Å². The monoisotopic (exact) mass is 270 g/mol. The Morgan fingerprint density at radius 3 is 2.93 bits per heavy atom. The third-order valence-corrected chi connectivity index (χ3v) is 3.49. The van der Waals surface area contributed by atoms with E-state index in [0.29, 0.717) is 10.4 Å². The first kappa shape index (κ1) is 10.9. The molecule has 0 bridgehead atoms. The van der Waals surface area contributed by atoms with E-state index in [9.17, 15) is 4.79 Å². The van der Waals surface area contributed by atoms with Crippen LogP contribution in [0.1, 0.15) is 12.8 Å². The van der Waals surface area contributed by atoms with Gasteiger partial charge in [0.15, 0.2) is 0 Å². The number of aromatic nitrogens is 1. The fourth-order valence-electron chi connectivity index (χ4n) is 1.99. The van der Waals surface area contributed by atoms with Gasteiger partial charge < -0.3 is 9.88 Å². The van der Waals surface area contributed by atoms with Crippen LogP contribution in [0.2, 0.25) is 0 Å². The fraction of sp³-hybridized carbons (Fsp3) is 0.545. The summed E-state index contributed by atoms with van der Waals surface area (Å²) in [6, 6.07) is 3.70. The second-order valence-corrected chi connectivity index (χ2v) is 4.86. The van der Waals surface area contributed by atoms with E-state index >= 15 is 0 Å². The summed E-state index contributed by atoms with van der Waals surface area (Å²) in [5, 5.41) is 3.33. The maximum Gasteiger partial charge on any atom is 0.264 e. The maximum absolute atomic E-state index is 11.7. The quantitative estimate of drug-likeness (QED) is 0.886. The molecule has 1 aromatic rings. The minimum atomic E-state index is 0.0797. The Morgan fingerprint density at radius 2 is 2.20 bits per heavy atom. The number of hydrogen-bond donors (Lipinski definition) is 1. The zero-order valence-corrected chi connectivity index (χ0v) is 10.2. The molecule has 1 aromatic heterocycles. The smallest absolute Gasteiger partial charge is 0.264 e. The number of rotatable bonds is 2. The average molecular weight is 271 g/mol. The highest BCUT2D eigenvalue weighted by atomic mass is 79.9. The van der Waals surface area contributed by atoms with Gasteiger partial charge in [-0.25, -0.2) is 0 Å². The largest absolute Gasteiger partial charge is 0.317 e. The molecule has 0 unspecified atom stereocenters. The highest BCUT2D eigenvalue weighted by Gasteiger charge is 2.14. The Hall–Kier alpha value is -0.610. The molecule has 82 valence electrons. The predicted molar refractivity (Wildman–Crippen MR) is 64.0 cm³/mol. The van der Waals surface area contributed by atoms with Gasteiger partial charge in [-0.1, -0.05) is 0 Å². The van der Waals surface area contributed by atoms with Crippen LogP contribution in [0, 0.1) is 5.92 Å². The highest BCUT2D eigenvalue weighted by molar-refractivity contribution is 9.10. The van der Waals surface area contributed by atoms with Gasteiger partial charge in [-0.05, 0) is 59.9 Å². The molecule has 0 spiro atoms. The van der Waals surface area contributed by atoms with Crippen molar-refractivity contribution in [1.29, 1.82) is 0 Å².